The molecule has 0 fully saturated rings. The van der Waals surface area contributed by atoms with Crippen molar-refractivity contribution in [3.8, 4) is 0 Å². The van der Waals surface area contributed by atoms with Crippen LogP contribution < -0.4 is 26.8 Å². The van der Waals surface area contributed by atoms with Gasteiger partial charge in [0.15, 0.2) is 0 Å². The lowest BCUT2D eigenvalue weighted by Gasteiger charge is -2.18. The van der Waals surface area contributed by atoms with E-state index in [0.717, 1.165) is 10.1 Å². The SMILES string of the molecule is CNC(=O)C(=O)CCC(NC(=O)c1cccnc1)C(=O)Nc1cccn(CC(=O)NCCc2ccccc2)c1=O. The highest BCUT2D eigenvalue weighted by Gasteiger charge is 2.25. The van der Waals surface area contributed by atoms with Crippen LogP contribution in [0.3, 0.4) is 0 Å². The molecular formula is C28H30N6O6. The molecule has 3 aromatic rings. The Morgan fingerprint density at radius 2 is 1.75 bits per heavy atom. The van der Waals surface area contributed by atoms with E-state index in [1.807, 2.05) is 30.3 Å². The Morgan fingerprint density at radius 1 is 0.975 bits per heavy atom. The van der Waals surface area contributed by atoms with Crippen molar-refractivity contribution in [2.75, 3.05) is 18.9 Å². The highest BCUT2D eigenvalue weighted by atomic mass is 16.2. The Labute approximate surface area is 230 Å². The van der Waals surface area contributed by atoms with Crippen LogP contribution in [0.1, 0.15) is 28.8 Å². The number of hydrogen-bond donors (Lipinski definition) is 4. The molecule has 0 radical (unpaired) electrons. The van der Waals surface area contributed by atoms with E-state index < -0.39 is 35.1 Å². The number of anilines is 1. The van der Waals surface area contributed by atoms with Gasteiger partial charge in [0.05, 0.1) is 5.56 Å². The van der Waals surface area contributed by atoms with Gasteiger partial charge < -0.3 is 25.8 Å². The molecule has 208 valence electrons. The summed E-state index contributed by atoms with van der Waals surface area (Å²) < 4.78 is 1.14. The van der Waals surface area contributed by atoms with Crippen molar-refractivity contribution in [2.45, 2.75) is 31.8 Å². The van der Waals surface area contributed by atoms with Gasteiger partial charge in [-0.15, -0.1) is 0 Å². The third kappa shape index (κ3) is 8.72. The Bertz CT molecular complexity index is 1410. The summed E-state index contributed by atoms with van der Waals surface area (Å²) in [6.45, 7) is 0.125. The van der Waals surface area contributed by atoms with E-state index in [-0.39, 0.29) is 36.5 Å². The number of nitrogens with zero attached hydrogens (tertiary/aromatic N) is 2. The third-order valence-corrected chi connectivity index (χ3v) is 5.86. The van der Waals surface area contributed by atoms with Crippen molar-refractivity contribution >= 4 is 35.1 Å². The van der Waals surface area contributed by atoms with Gasteiger partial charge >= 0.3 is 0 Å². The number of carbonyl (C=O) groups excluding carboxylic acids is 5. The van der Waals surface area contributed by atoms with Gasteiger partial charge in [0.1, 0.15) is 18.3 Å². The summed E-state index contributed by atoms with van der Waals surface area (Å²) in [5.41, 5.74) is 0.487. The zero-order valence-electron chi connectivity index (χ0n) is 21.9. The Balaban J connectivity index is 1.66. The average molecular weight is 547 g/mol. The minimum Gasteiger partial charge on any atom is -0.354 e. The molecule has 40 heavy (non-hydrogen) atoms. The first kappa shape index (κ1) is 29.4. The second-order valence-corrected chi connectivity index (χ2v) is 8.74. The first-order chi connectivity index (χ1) is 19.3. The van der Waals surface area contributed by atoms with Crippen molar-refractivity contribution < 1.29 is 24.0 Å². The van der Waals surface area contributed by atoms with Gasteiger partial charge in [-0.3, -0.25) is 33.8 Å². The lowest BCUT2D eigenvalue weighted by atomic mass is 10.1. The van der Waals surface area contributed by atoms with Crippen LogP contribution in [-0.2, 0) is 32.1 Å². The van der Waals surface area contributed by atoms with E-state index >= 15 is 0 Å². The van der Waals surface area contributed by atoms with Gasteiger partial charge in [0.25, 0.3) is 17.4 Å². The van der Waals surface area contributed by atoms with Crippen LogP contribution in [0.5, 0.6) is 0 Å². The molecule has 1 atom stereocenters. The van der Waals surface area contributed by atoms with Crippen LogP contribution in [0, 0.1) is 0 Å². The van der Waals surface area contributed by atoms with E-state index in [0.29, 0.717) is 13.0 Å². The van der Waals surface area contributed by atoms with Crippen molar-refractivity contribution in [1.82, 2.24) is 25.5 Å². The largest absolute Gasteiger partial charge is 0.354 e. The van der Waals surface area contributed by atoms with Crippen LogP contribution in [0.25, 0.3) is 0 Å². The van der Waals surface area contributed by atoms with Gasteiger partial charge in [-0.25, -0.2) is 0 Å². The molecule has 4 N–H and O–H groups in total. The van der Waals surface area contributed by atoms with E-state index in [2.05, 4.69) is 26.3 Å². The first-order valence-electron chi connectivity index (χ1n) is 12.5. The number of benzene rings is 1. The van der Waals surface area contributed by atoms with Crippen molar-refractivity contribution in [2.24, 2.45) is 0 Å². The van der Waals surface area contributed by atoms with Crippen molar-refractivity contribution in [1.29, 1.82) is 0 Å². The molecule has 0 bridgehead atoms. The highest BCUT2D eigenvalue weighted by molar-refractivity contribution is 6.36. The molecule has 2 heterocycles. The summed E-state index contributed by atoms with van der Waals surface area (Å²) in [5.74, 6) is -3.37. The number of likely N-dealkylation sites (N-methyl/N-ethyl adjacent to an activating group) is 1. The number of pyridine rings is 2. The van der Waals surface area contributed by atoms with Crippen LogP contribution in [0.15, 0.2) is 78.0 Å². The Morgan fingerprint density at radius 3 is 2.45 bits per heavy atom. The molecular weight excluding hydrogens is 516 g/mol. The minimum absolute atomic E-state index is 0.122. The quantitative estimate of drug-likeness (QED) is 0.226. The maximum Gasteiger partial charge on any atom is 0.287 e. The first-order valence-corrected chi connectivity index (χ1v) is 12.5. The summed E-state index contributed by atoms with van der Waals surface area (Å²) in [6.07, 6.45) is 4.31. The molecule has 0 saturated carbocycles. The van der Waals surface area contributed by atoms with Gasteiger partial charge in [-0.2, -0.15) is 0 Å². The molecule has 0 aliphatic heterocycles. The summed E-state index contributed by atoms with van der Waals surface area (Å²) in [4.78, 5) is 78.6. The molecule has 12 nitrogen and oxygen atoms in total. The Kier molecular flexibility index (Phi) is 10.8. The maximum absolute atomic E-state index is 13.1. The molecule has 0 spiro atoms. The predicted molar refractivity (Wildman–Crippen MR) is 146 cm³/mol. The van der Waals surface area contributed by atoms with E-state index in [9.17, 15) is 28.8 Å². The van der Waals surface area contributed by atoms with Crippen LogP contribution in [-0.4, -0.2) is 58.6 Å². The number of Topliss-reactive ketones (excluding diaryl/α,β-unsaturated/α-hetero) is 1. The monoisotopic (exact) mass is 546 g/mol. The highest BCUT2D eigenvalue weighted by Crippen LogP contribution is 2.07. The zero-order chi connectivity index (χ0) is 28.9. The van der Waals surface area contributed by atoms with Crippen molar-refractivity contribution in [3.63, 3.8) is 0 Å². The number of ketones is 1. The second-order valence-electron chi connectivity index (χ2n) is 8.74. The fourth-order valence-electron chi connectivity index (χ4n) is 3.71. The van der Waals surface area contributed by atoms with Gasteiger partial charge in [-0.1, -0.05) is 30.3 Å². The lowest BCUT2D eigenvalue weighted by molar-refractivity contribution is -0.137. The average Bonchev–Trinajstić information content (AvgIpc) is 2.97. The number of nitrogens with one attached hydrogen (secondary N) is 4. The molecule has 1 unspecified atom stereocenters. The summed E-state index contributed by atoms with van der Waals surface area (Å²) >= 11 is 0. The number of amides is 4. The molecule has 1 aromatic carbocycles. The molecule has 3 rings (SSSR count). The number of rotatable bonds is 13. The van der Waals surface area contributed by atoms with Crippen LogP contribution >= 0.6 is 0 Å². The maximum atomic E-state index is 13.1. The fraction of sp³-hybridized carbons (Fsp3) is 0.250. The number of hydrogen-bond acceptors (Lipinski definition) is 7. The van der Waals surface area contributed by atoms with E-state index in [1.165, 1.54) is 43.8 Å². The molecule has 12 heteroatoms. The van der Waals surface area contributed by atoms with Crippen LogP contribution in [0.4, 0.5) is 5.69 Å². The molecule has 4 amide bonds. The lowest BCUT2D eigenvalue weighted by Crippen LogP contribution is -2.45. The Hall–Kier alpha value is -5.13. The number of carbonyl (C=O) groups is 5. The topological polar surface area (TPSA) is 168 Å². The third-order valence-electron chi connectivity index (χ3n) is 5.86. The van der Waals surface area contributed by atoms with Crippen molar-refractivity contribution in [3.05, 3.63) is 94.7 Å². The molecule has 0 aliphatic rings. The van der Waals surface area contributed by atoms with E-state index in [1.54, 1.807) is 6.07 Å². The van der Waals surface area contributed by atoms with Gasteiger partial charge in [0, 0.05) is 38.6 Å². The zero-order valence-corrected chi connectivity index (χ0v) is 21.9. The van der Waals surface area contributed by atoms with Crippen LogP contribution in [0.2, 0.25) is 0 Å². The summed E-state index contributed by atoms with van der Waals surface area (Å²) in [5, 5.41) is 9.96. The van der Waals surface area contributed by atoms with E-state index in [4.69, 9.17) is 0 Å². The minimum atomic E-state index is -1.25. The molecule has 0 aliphatic carbocycles. The normalized spacial score (nSPS) is 11.1. The summed E-state index contributed by atoms with van der Waals surface area (Å²) in [7, 11) is 1.30. The second kappa shape index (κ2) is 14.7. The summed E-state index contributed by atoms with van der Waals surface area (Å²) in [6, 6.07) is 14.3. The molecule has 2 aromatic heterocycles. The number of aromatic nitrogens is 2. The van der Waals surface area contributed by atoms with Gasteiger partial charge in [0.2, 0.25) is 17.6 Å². The van der Waals surface area contributed by atoms with Gasteiger partial charge in [-0.05, 0) is 42.7 Å². The smallest absolute Gasteiger partial charge is 0.287 e. The fourth-order valence-corrected chi connectivity index (χ4v) is 3.71. The standard InChI is InChI=1S/C28H30N6O6/c1-29-27(39)23(35)12-11-21(32-25(37)20-9-5-14-30-17-20)26(38)33-22-10-6-16-34(28(22)40)18-24(36)31-15-13-19-7-3-2-4-8-19/h2-10,14,16-17,21H,11-13,15,18H2,1H3,(H,29,39)(H,31,36)(H,32,37)(H,33,38). The predicted octanol–water partition coefficient (Wildman–Crippen LogP) is 0.435. The molecule has 0 saturated heterocycles.